The van der Waals surface area contributed by atoms with Crippen LogP contribution in [0.15, 0.2) is 64.2 Å². The van der Waals surface area contributed by atoms with Crippen LogP contribution in [0.5, 0.6) is 0 Å². The van der Waals surface area contributed by atoms with Gasteiger partial charge in [0.1, 0.15) is 0 Å². The summed E-state index contributed by atoms with van der Waals surface area (Å²) in [5.74, 6) is 0. The molecule has 2 heterocycles. The van der Waals surface area contributed by atoms with Crippen molar-refractivity contribution in [2.24, 2.45) is 0 Å². The van der Waals surface area contributed by atoms with E-state index in [1.165, 1.54) is 11.1 Å². The summed E-state index contributed by atoms with van der Waals surface area (Å²) in [6, 6.07) is 16.1. The van der Waals surface area contributed by atoms with E-state index >= 15 is 0 Å². The van der Waals surface area contributed by atoms with Gasteiger partial charge in [0.05, 0.1) is 4.90 Å². The lowest BCUT2D eigenvalue weighted by molar-refractivity contribution is 0.181. The minimum absolute atomic E-state index is 0.00938. The molecular weight excluding hydrogens is 400 g/mol. The molecule has 1 atom stereocenters. The summed E-state index contributed by atoms with van der Waals surface area (Å²) in [4.78, 5) is 2.74. The van der Waals surface area contributed by atoms with E-state index in [4.69, 9.17) is 0 Å². The Bertz CT molecular complexity index is 1090. The van der Waals surface area contributed by atoms with Gasteiger partial charge in [0.25, 0.3) is 0 Å². The van der Waals surface area contributed by atoms with Crippen molar-refractivity contribution >= 4 is 21.4 Å². The average Bonchev–Trinajstić information content (AvgIpc) is 3.22. The fraction of sp³-hybridized carbons (Fsp3) is 0.304. The molecule has 3 aromatic rings. The number of fused-ring (bicyclic) bond motifs is 1. The molecule has 0 amide bonds. The molecular formula is C23H26N2O2S2. The third-order valence-corrected chi connectivity index (χ3v) is 7.90. The van der Waals surface area contributed by atoms with E-state index in [1.54, 1.807) is 17.4 Å². The predicted molar refractivity (Wildman–Crippen MR) is 119 cm³/mol. The van der Waals surface area contributed by atoms with Crippen molar-refractivity contribution in [3.8, 4) is 0 Å². The highest BCUT2D eigenvalue weighted by atomic mass is 32.2. The highest BCUT2D eigenvalue weighted by Gasteiger charge is 2.27. The van der Waals surface area contributed by atoms with Gasteiger partial charge in [0.2, 0.25) is 10.0 Å². The SMILES string of the molecule is Cc1ccc(S(=O)(=O)NCC(c2ccsc2)N2CCc3ccccc3C2)c(C)c1. The molecule has 0 saturated heterocycles. The first-order valence-electron chi connectivity index (χ1n) is 9.84. The molecule has 0 fully saturated rings. The minimum Gasteiger partial charge on any atom is -0.290 e. The van der Waals surface area contributed by atoms with Crippen LogP contribution in [0.1, 0.15) is 33.9 Å². The van der Waals surface area contributed by atoms with Crippen LogP contribution in [-0.4, -0.2) is 26.4 Å². The van der Waals surface area contributed by atoms with E-state index in [2.05, 4.69) is 50.7 Å². The number of sulfonamides is 1. The average molecular weight is 427 g/mol. The van der Waals surface area contributed by atoms with Crippen LogP contribution in [0.25, 0.3) is 0 Å². The van der Waals surface area contributed by atoms with Crippen molar-refractivity contribution in [1.82, 2.24) is 9.62 Å². The third-order valence-electron chi connectivity index (χ3n) is 5.62. The zero-order valence-electron chi connectivity index (χ0n) is 16.8. The van der Waals surface area contributed by atoms with Gasteiger partial charge in [-0.25, -0.2) is 13.1 Å². The molecule has 2 aromatic carbocycles. The first-order chi connectivity index (χ1) is 13.9. The summed E-state index contributed by atoms with van der Waals surface area (Å²) >= 11 is 1.65. The molecule has 1 aromatic heterocycles. The van der Waals surface area contributed by atoms with Crippen LogP contribution >= 0.6 is 11.3 Å². The molecule has 6 heteroatoms. The van der Waals surface area contributed by atoms with Crippen molar-refractivity contribution in [2.45, 2.75) is 37.8 Å². The number of rotatable bonds is 6. The van der Waals surface area contributed by atoms with Gasteiger partial charge in [-0.15, -0.1) is 0 Å². The Morgan fingerprint density at radius 3 is 2.62 bits per heavy atom. The third kappa shape index (κ3) is 4.46. The molecule has 0 aliphatic carbocycles. The van der Waals surface area contributed by atoms with Crippen molar-refractivity contribution in [2.75, 3.05) is 13.1 Å². The zero-order chi connectivity index (χ0) is 20.4. The molecule has 4 nitrogen and oxygen atoms in total. The van der Waals surface area contributed by atoms with Crippen LogP contribution in [0.3, 0.4) is 0 Å². The molecule has 29 heavy (non-hydrogen) atoms. The molecule has 1 N–H and O–H groups in total. The second-order valence-electron chi connectivity index (χ2n) is 7.68. The van der Waals surface area contributed by atoms with Gasteiger partial charge >= 0.3 is 0 Å². The lowest BCUT2D eigenvalue weighted by Crippen LogP contribution is -2.40. The monoisotopic (exact) mass is 426 g/mol. The molecule has 4 rings (SSSR count). The standard InChI is InChI=1S/C23H26N2O2S2/c1-17-7-8-23(18(2)13-17)29(26,27)24-14-22(21-10-12-28-16-21)25-11-9-19-5-3-4-6-20(19)15-25/h3-8,10,12-13,16,22,24H,9,11,14-15H2,1-2H3. The predicted octanol–water partition coefficient (Wildman–Crippen LogP) is 4.44. The Kier molecular flexibility index (Phi) is 5.88. The van der Waals surface area contributed by atoms with Crippen LogP contribution < -0.4 is 4.72 Å². The van der Waals surface area contributed by atoms with Crippen molar-refractivity contribution in [3.63, 3.8) is 0 Å². The Morgan fingerprint density at radius 2 is 1.90 bits per heavy atom. The number of nitrogens with zero attached hydrogens (tertiary/aromatic N) is 1. The van der Waals surface area contributed by atoms with E-state index < -0.39 is 10.0 Å². The van der Waals surface area contributed by atoms with Gasteiger partial charge in [0.15, 0.2) is 0 Å². The van der Waals surface area contributed by atoms with Crippen LogP contribution in [0.4, 0.5) is 0 Å². The van der Waals surface area contributed by atoms with Gasteiger partial charge in [-0.2, -0.15) is 11.3 Å². The second kappa shape index (κ2) is 8.40. The first kappa shape index (κ1) is 20.3. The Morgan fingerprint density at radius 1 is 1.10 bits per heavy atom. The molecule has 0 saturated carbocycles. The molecule has 1 unspecified atom stereocenters. The van der Waals surface area contributed by atoms with Gasteiger partial charge in [0, 0.05) is 25.7 Å². The Hall–Kier alpha value is -1.99. The molecule has 0 radical (unpaired) electrons. The molecule has 0 bridgehead atoms. The second-order valence-corrected chi connectivity index (χ2v) is 10.2. The quantitative estimate of drug-likeness (QED) is 0.634. The van der Waals surface area contributed by atoms with Crippen LogP contribution in [0, 0.1) is 13.8 Å². The summed E-state index contributed by atoms with van der Waals surface area (Å²) in [7, 11) is -3.57. The minimum atomic E-state index is -3.57. The highest BCUT2D eigenvalue weighted by Crippen LogP contribution is 2.29. The van der Waals surface area contributed by atoms with Gasteiger partial charge < -0.3 is 0 Å². The Labute approximate surface area is 177 Å². The lowest BCUT2D eigenvalue weighted by Gasteiger charge is -2.35. The van der Waals surface area contributed by atoms with E-state index in [1.807, 2.05) is 26.0 Å². The van der Waals surface area contributed by atoms with Crippen LogP contribution in [-0.2, 0) is 23.0 Å². The van der Waals surface area contributed by atoms with E-state index in [0.29, 0.717) is 11.4 Å². The molecule has 1 aliphatic rings. The smallest absolute Gasteiger partial charge is 0.240 e. The maximum Gasteiger partial charge on any atom is 0.240 e. The summed E-state index contributed by atoms with van der Waals surface area (Å²) in [5.41, 5.74) is 5.72. The van der Waals surface area contributed by atoms with Gasteiger partial charge in [-0.1, -0.05) is 42.0 Å². The summed E-state index contributed by atoms with van der Waals surface area (Å²) < 4.78 is 28.9. The number of nitrogens with one attached hydrogen (secondary N) is 1. The number of thiophene rings is 1. The summed E-state index contributed by atoms with van der Waals surface area (Å²) in [6.07, 6.45) is 0.987. The maximum atomic E-state index is 13.0. The van der Waals surface area contributed by atoms with Crippen molar-refractivity contribution in [3.05, 3.63) is 87.1 Å². The fourth-order valence-electron chi connectivity index (χ4n) is 4.07. The number of benzene rings is 2. The first-order valence-corrected chi connectivity index (χ1v) is 12.3. The maximum absolute atomic E-state index is 13.0. The fourth-order valence-corrected chi connectivity index (χ4v) is 6.04. The summed E-state index contributed by atoms with van der Waals surface area (Å²) in [6.45, 7) is 5.93. The normalized spacial score (nSPS) is 15.8. The molecule has 152 valence electrons. The number of hydrogen-bond acceptors (Lipinski definition) is 4. The highest BCUT2D eigenvalue weighted by molar-refractivity contribution is 7.89. The van der Waals surface area contributed by atoms with Crippen molar-refractivity contribution in [1.29, 1.82) is 0 Å². The lowest BCUT2D eigenvalue weighted by atomic mass is 9.97. The van der Waals surface area contributed by atoms with E-state index in [0.717, 1.165) is 36.2 Å². The largest absolute Gasteiger partial charge is 0.290 e. The van der Waals surface area contributed by atoms with Crippen LogP contribution in [0.2, 0.25) is 0 Å². The number of hydrogen-bond donors (Lipinski definition) is 1. The molecule has 1 aliphatic heterocycles. The number of aryl methyl sites for hydroxylation is 2. The molecule has 0 spiro atoms. The Balaban J connectivity index is 1.56. The van der Waals surface area contributed by atoms with Gasteiger partial charge in [-0.3, -0.25) is 4.90 Å². The van der Waals surface area contributed by atoms with E-state index in [-0.39, 0.29) is 6.04 Å². The zero-order valence-corrected chi connectivity index (χ0v) is 18.4. The topological polar surface area (TPSA) is 49.4 Å². The summed E-state index contributed by atoms with van der Waals surface area (Å²) in [5, 5.41) is 4.18. The van der Waals surface area contributed by atoms with Crippen molar-refractivity contribution < 1.29 is 8.42 Å². The van der Waals surface area contributed by atoms with Gasteiger partial charge in [-0.05, 0) is 65.4 Å². The van der Waals surface area contributed by atoms with E-state index in [9.17, 15) is 8.42 Å².